The molecule has 1 fully saturated rings. The fraction of sp³-hybridized carbons (Fsp3) is 0.261. The van der Waals surface area contributed by atoms with Gasteiger partial charge in [0.1, 0.15) is 0 Å². The maximum atomic E-state index is 12.6. The summed E-state index contributed by atoms with van der Waals surface area (Å²) in [5, 5.41) is 9.12. The van der Waals surface area contributed by atoms with E-state index in [0.29, 0.717) is 16.1 Å². The number of carbonyl (C=O) groups is 1. The third kappa shape index (κ3) is 6.19. The Morgan fingerprint density at radius 3 is 2.52 bits per heavy atom. The van der Waals surface area contributed by atoms with Gasteiger partial charge < -0.3 is 9.32 Å². The van der Waals surface area contributed by atoms with Crippen LogP contribution in [0.2, 0.25) is 5.02 Å². The van der Waals surface area contributed by atoms with E-state index in [0.717, 1.165) is 38.3 Å². The van der Waals surface area contributed by atoms with Gasteiger partial charge in [-0.1, -0.05) is 65.8 Å². The van der Waals surface area contributed by atoms with E-state index in [1.807, 2.05) is 35.2 Å². The standard InChI is InChI=1S/C23H23ClN4O2S/c24-20-10-8-19(9-11-20)22-25-26-23(30-22)31-17-21(29)28-15-13-27(14-16-28)12-4-7-18-5-2-1-3-6-18/h1-11H,12-17H2/b7-4+. The number of halogens is 1. The van der Waals surface area contributed by atoms with Crippen molar-refractivity contribution in [1.82, 2.24) is 20.0 Å². The van der Waals surface area contributed by atoms with Gasteiger partial charge in [-0.05, 0) is 29.8 Å². The smallest absolute Gasteiger partial charge is 0.277 e. The molecule has 2 aromatic carbocycles. The number of rotatable bonds is 7. The first-order valence-corrected chi connectivity index (χ1v) is 11.5. The van der Waals surface area contributed by atoms with Gasteiger partial charge in [-0.2, -0.15) is 0 Å². The molecular weight excluding hydrogens is 432 g/mol. The summed E-state index contributed by atoms with van der Waals surface area (Å²) in [7, 11) is 0. The molecule has 0 bridgehead atoms. The second kappa shape index (κ2) is 10.6. The Hall–Kier alpha value is -2.61. The monoisotopic (exact) mass is 454 g/mol. The molecule has 0 atom stereocenters. The number of benzene rings is 2. The lowest BCUT2D eigenvalue weighted by Gasteiger charge is -2.34. The van der Waals surface area contributed by atoms with Gasteiger partial charge in [0.05, 0.1) is 5.75 Å². The van der Waals surface area contributed by atoms with E-state index >= 15 is 0 Å². The van der Waals surface area contributed by atoms with Crippen LogP contribution in [0, 0.1) is 0 Å². The predicted octanol–water partition coefficient (Wildman–Crippen LogP) is 4.34. The fourth-order valence-corrected chi connectivity index (χ4v) is 4.07. The van der Waals surface area contributed by atoms with Crippen molar-refractivity contribution < 1.29 is 9.21 Å². The molecule has 0 spiro atoms. The van der Waals surface area contributed by atoms with Crippen LogP contribution in [0.1, 0.15) is 5.56 Å². The van der Waals surface area contributed by atoms with Gasteiger partial charge in [0.2, 0.25) is 11.8 Å². The van der Waals surface area contributed by atoms with E-state index in [1.54, 1.807) is 12.1 Å². The Morgan fingerprint density at radius 1 is 1.03 bits per heavy atom. The van der Waals surface area contributed by atoms with Crippen molar-refractivity contribution in [2.75, 3.05) is 38.5 Å². The zero-order valence-corrected chi connectivity index (χ0v) is 18.6. The third-order valence-electron chi connectivity index (χ3n) is 5.02. The first kappa shape index (κ1) is 21.6. The third-order valence-corrected chi connectivity index (χ3v) is 6.07. The van der Waals surface area contributed by atoms with Crippen LogP contribution in [0.4, 0.5) is 0 Å². The molecule has 0 saturated carbocycles. The highest BCUT2D eigenvalue weighted by Crippen LogP contribution is 2.24. The van der Waals surface area contributed by atoms with Gasteiger partial charge in [0.25, 0.3) is 5.22 Å². The highest BCUT2D eigenvalue weighted by atomic mass is 35.5. The Bertz CT molecular complexity index is 1020. The van der Waals surface area contributed by atoms with Crippen LogP contribution in [-0.2, 0) is 4.79 Å². The summed E-state index contributed by atoms with van der Waals surface area (Å²) in [5.41, 5.74) is 2.00. The topological polar surface area (TPSA) is 62.5 Å². The van der Waals surface area contributed by atoms with Gasteiger partial charge in [-0.15, -0.1) is 10.2 Å². The molecule has 0 aliphatic carbocycles. The van der Waals surface area contributed by atoms with Crippen LogP contribution in [0.25, 0.3) is 17.5 Å². The molecule has 0 unspecified atom stereocenters. The summed E-state index contributed by atoms with van der Waals surface area (Å²) < 4.78 is 5.66. The number of nitrogens with zero attached hydrogens (tertiary/aromatic N) is 4. The van der Waals surface area contributed by atoms with E-state index < -0.39 is 0 Å². The maximum Gasteiger partial charge on any atom is 0.277 e. The van der Waals surface area contributed by atoms with Gasteiger partial charge in [-0.3, -0.25) is 9.69 Å². The maximum absolute atomic E-state index is 12.6. The number of hydrogen-bond donors (Lipinski definition) is 0. The lowest BCUT2D eigenvalue weighted by molar-refractivity contribution is -0.130. The largest absolute Gasteiger partial charge is 0.411 e. The molecule has 1 aromatic heterocycles. The van der Waals surface area contributed by atoms with Crippen molar-refractivity contribution >= 4 is 35.3 Å². The average molecular weight is 455 g/mol. The minimum Gasteiger partial charge on any atom is -0.411 e. The molecule has 1 aliphatic rings. The van der Waals surface area contributed by atoms with Crippen LogP contribution in [0.15, 0.2) is 70.3 Å². The molecule has 1 saturated heterocycles. The molecule has 2 heterocycles. The molecule has 0 radical (unpaired) electrons. The van der Waals surface area contributed by atoms with Crippen molar-refractivity contribution in [2.24, 2.45) is 0 Å². The zero-order valence-electron chi connectivity index (χ0n) is 17.0. The summed E-state index contributed by atoms with van der Waals surface area (Å²) in [6, 6.07) is 17.5. The molecule has 31 heavy (non-hydrogen) atoms. The zero-order chi connectivity index (χ0) is 21.5. The van der Waals surface area contributed by atoms with Gasteiger partial charge in [0, 0.05) is 43.3 Å². The minimum absolute atomic E-state index is 0.0933. The molecular formula is C23H23ClN4O2S. The van der Waals surface area contributed by atoms with E-state index in [4.69, 9.17) is 16.0 Å². The van der Waals surface area contributed by atoms with Crippen LogP contribution >= 0.6 is 23.4 Å². The molecule has 6 nitrogen and oxygen atoms in total. The number of aromatic nitrogens is 2. The second-order valence-electron chi connectivity index (χ2n) is 7.16. The second-order valence-corrected chi connectivity index (χ2v) is 8.53. The van der Waals surface area contributed by atoms with Crippen molar-refractivity contribution in [1.29, 1.82) is 0 Å². The quantitative estimate of drug-likeness (QED) is 0.495. The fourth-order valence-electron chi connectivity index (χ4n) is 3.27. The van der Waals surface area contributed by atoms with Gasteiger partial charge in [0.15, 0.2) is 0 Å². The highest BCUT2D eigenvalue weighted by molar-refractivity contribution is 7.99. The molecule has 160 valence electrons. The summed E-state index contributed by atoms with van der Waals surface area (Å²) in [4.78, 5) is 16.8. The van der Waals surface area contributed by atoms with Crippen molar-refractivity contribution in [2.45, 2.75) is 5.22 Å². The van der Waals surface area contributed by atoms with E-state index in [1.165, 1.54) is 17.3 Å². The normalized spacial score (nSPS) is 14.9. The van der Waals surface area contributed by atoms with Crippen LogP contribution < -0.4 is 0 Å². The van der Waals surface area contributed by atoms with Crippen molar-refractivity contribution in [3.05, 3.63) is 71.3 Å². The Labute approximate surface area is 190 Å². The Kier molecular flexibility index (Phi) is 7.40. The first-order chi connectivity index (χ1) is 15.2. The number of amides is 1. The number of thioether (sulfide) groups is 1. The Morgan fingerprint density at radius 2 is 1.77 bits per heavy atom. The predicted molar refractivity (Wildman–Crippen MR) is 124 cm³/mol. The van der Waals surface area contributed by atoms with Gasteiger partial charge in [-0.25, -0.2) is 0 Å². The summed E-state index contributed by atoms with van der Waals surface area (Å²) >= 11 is 7.17. The summed E-state index contributed by atoms with van der Waals surface area (Å²) in [5.74, 6) is 0.801. The number of piperazine rings is 1. The average Bonchev–Trinajstić information content (AvgIpc) is 3.28. The Balaban J connectivity index is 1.20. The van der Waals surface area contributed by atoms with Crippen molar-refractivity contribution in [3.8, 4) is 11.5 Å². The lowest BCUT2D eigenvalue weighted by atomic mass is 10.2. The molecule has 8 heteroatoms. The molecule has 1 amide bonds. The van der Waals surface area contributed by atoms with Crippen LogP contribution in [0.3, 0.4) is 0 Å². The molecule has 3 aromatic rings. The minimum atomic E-state index is 0.0933. The lowest BCUT2D eigenvalue weighted by Crippen LogP contribution is -2.49. The SMILES string of the molecule is O=C(CSc1nnc(-c2ccc(Cl)cc2)o1)N1CCN(C/C=C/c2ccccc2)CC1. The molecule has 1 aliphatic heterocycles. The van der Waals surface area contributed by atoms with Crippen molar-refractivity contribution in [3.63, 3.8) is 0 Å². The number of hydrogen-bond acceptors (Lipinski definition) is 6. The van der Waals surface area contributed by atoms with E-state index in [-0.39, 0.29) is 11.7 Å². The summed E-state index contributed by atoms with van der Waals surface area (Å²) in [6.45, 7) is 4.10. The molecule has 4 rings (SSSR count). The first-order valence-electron chi connectivity index (χ1n) is 10.1. The van der Waals surface area contributed by atoms with Crippen LogP contribution in [-0.4, -0.2) is 64.4 Å². The van der Waals surface area contributed by atoms with E-state index in [9.17, 15) is 4.79 Å². The molecule has 0 N–H and O–H groups in total. The summed E-state index contributed by atoms with van der Waals surface area (Å²) in [6.07, 6.45) is 4.31. The van der Waals surface area contributed by atoms with E-state index in [2.05, 4.69) is 39.4 Å². The number of carbonyl (C=O) groups excluding carboxylic acids is 1. The highest BCUT2D eigenvalue weighted by Gasteiger charge is 2.21. The van der Waals surface area contributed by atoms with Crippen LogP contribution in [0.5, 0.6) is 0 Å². The van der Waals surface area contributed by atoms with Gasteiger partial charge >= 0.3 is 0 Å².